The summed E-state index contributed by atoms with van der Waals surface area (Å²) in [5, 5.41) is 0. The minimum atomic E-state index is -0.854. The first-order chi connectivity index (χ1) is 8.73. The van der Waals surface area contributed by atoms with Crippen LogP contribution in [-0.2, 0) is 9.47 Å². The van der Waals surface area contributed by atoms with E-state index < -0.39 is 17.7 Å². The number of nitrogen functional groups attached to an aromatic ring is 1. The number of carbonyl (C=O) groups is 2. The number of hydrogen-bond donors (Lipinski definition) is 1. The molecule has 0 radical (unpaired) electrons. The molecule has 0 aliphatic heterocycles. The summed E-state index contributed by atoms with van der Waals surface area (Å²) in [5.41, 5.74) is 5.34. The number of anilines is 1. The quantitative estimate of drug-likeness (QED) is 0.503. The summed E-state index contributed by atoms with van der Waals surface area (Å²) < 4.78 is 14.5. The smallest absolute Gasteiger partial charge is 0.465 e. The fraction of sp³-hybridized carbons (Fsp3) is 0.385. The van der Waals surface area contributed by atoms with Gasteiger partial charge in [-0.25, -0.2) is 9.59 Å². The number of hydrogen-bond acceptors (Lipinski definition) is 6. The first-order valence-corrected chi connectivity index (χ1v) is 5.61. The molecule has 0 heterocycles. The molecule has 19 heavy (non-hydrogen) atoms. The van der Waals surface area contributed by atoms with Gasteiger partial charge in [-0.2, -0.15) is 0 Å². The molecular weight excluding hydrogens is 250 g/mol. The second-order valence-corrected chi connectivity index (χ2v) is 4.81. The van der Waals surface area contributed by atoms with Crippen LogP contribution in [0.25, 0.3) is 0 Å². The zero-order valence-corrected chi connectivity index (χ0v) is 11.4. The molecule has 0 unspecified atom stereocenters. The topological polar surface area (TPSA) is 87.8 Å². The summed E-state index contributed by atoms with van der Waals surface area (Å²) in [5.74, 6) is -0.448. The Bertz CT molecular complexity index is 490. The molecule has 0 bridgehead atoms. The van der Waals surface area contributed by atoms with Crippen LogP contribution in [0.5, 0.6) is 5.75 Å². The molecule has 6 heteroatoms. The van der Waals surface area contributed by atoms with Gasteiger partial charge in [0.2, 0.25) is 0 Å². The maximum Gasteiger partial charge on any atom is 0.514 e. The zero-order valence-electron chi connectivity index (χ0n) is 11.4. The highest BCUT2D eigenvalue weighted by molar-refractivity contribution is 5.95. The van der Waals surface area contributed by atoms with Crippen LogP contribution in [0.3, 0.4) is 0 Å². The Hall–Kier alpha value is -2.24. The highest BCUT2D eigenvalue weighted by atomic mass is 16.7. The predicted molar refractivity (Wildman–Crippen MR) is 69.1 cm³/mol. The summed E-state index contributed by atoms with van der Waals surface area (Å²) in [6, 6.07) is 4.24. The van der Waals surface area contributed by atoms with Crippen molar-refractivity contribution in [2.45, 2.75) is 26.4 Å². The van der Waals surface area contributed by atoms with Gasteiger partial charge < -0.3 is 19.9 Å². The molecule has 0 amide bonds. The molecule has 0 spiro atoms. The summed E-state index contributed by atoms with van der Waals surface area (Å²) in [7, 11) is 1.24. The lowest BCUT2D eigenvalue weighted by Crippen LogP contribution is -2.26. The first-order valence-electron chi connectivity index (χ1n) is 5.61. The number of ether oxygens (including phenoxy) is 3. The summed E-state index contributed by atoms with van der Waals surface area (Å²) in [6.07, 6.45) is -0.854. The van der Waals surface area contributed by atoms with Crippen LogP contribution in [0.15, 0.2) is 18.2 Å². The van der Waals surface area contributed by atoms with E-state index >= 15 is 0 Å². The van der Waals surface area contributed by atoms with Crippen LogP contribution < -0.4 is 10.5 Å². The van der Waals surface area contributed by atoms with Crippen molar-refractivity contribution in [2.75, 3.05) is 12.8 Å². The van der Waals surface area contributed by atoms with Gasteiger partial charge in [0.1, 0.15) is 11.4 Å². The van der Waals surface area contributed by atoms with Crippen molar-refractivity contribution in [1.29, 1.82) is 0 Å². The van der Waals surface area contributed by atoms with E-state index in [1.54, 1.807) is 20.8 Å². The van der Waals surface area contributed by atoms with Gasteiger partial charge in [0.25, 0.3) is 0 Å². The number of rotatable bonds is 2. The molecule has 1 aromatic rings. The lowest BCUT2D eigenvalue weighted by atomic mass is 10.2. The normalized spacial score (nSPS) is 10.7. The standard InChI is InChI=1S/C13H17NO5/c1-13(2,3)19-12(16)18-8-5-6-10(14)9(7-8)11(15)17-4/h5-7H,14H2,1-4H3. The molecule has 104 valence electrons. The van der Waals surface area contributed by atoms with E-state index in [1.165, 1.54) is 25.3 Å². The first kappa shape index (κ1) is 14.8. The molecule has 1 aromatic carbocycles. The molecule has 0 aliphatic rings. The second-order valence-electron chi connectivity index (χ2n) is 4.81. The molecule has 0 atom stereocenters. The van der Waals surface area contributed by atoms with Crippen molar-refractivity contribution >= 4 is 17.8 Å². The largest absolute Gasteiger partial charge is 0.514 e. The molecule has 0 aromatic heterocycles. The summed E-state index contributed by atoms with van der Waals surface area (Å²) >= 11 is 0. The highest BCUT2D eigenvalue weighted by Gasteiger charge is 2.19. The van der Waals surface area contributed by atoms with Crippen LogP contribution in [0.1, 0.15) is 31.1 Å². The van der Waals surface area contributed by atoms with Crippen molar-refractivity contribution in [3.05, 3.63) is 23.8 Å². The van der Waals surface area contributed by atoms with Gasteiger partial charge >= 0.3 is 12.1 Å². The van der Waals surface area contributed by atoms with Crippen molar-refractivity contribution in [1.82, 2.24) is 0 Å². The van der Waals surface area contributed by atoms with Crippen LogP contribution in [0.4, 0.5) is 10.5 Å². The molecular formula is C13H17NO5. The number of carbonyl (C=O) groups excluding carboxylic acids is 2. The van der Waals surface area contributed by atoms with E-state index in [1.807, 2.05) is 0 Å². The summed E-state index contributed by atoms with van der Waals surface area (Å²) in [4.78, 5) is 22.9. The van der Waals surface area contributed by atoms with Gasteiger partial charge in [-0.15, -0.1) is 0 Å². The Morgan fingerprint density at radius 1 is 1.21 bits per heavy atom. The SMILES string of the molecule is COC(=O)c1cc(OC(=O)OC(C)(C)C)ccc1N. The van der Waals surface area contributed by atoms with Crippen molar-refractivity contribution in [2.24, 2.45) is 0 Å². The number of benzene rings is 1. The van der Waals surface area contributed by atoms with Gasteiger partial charge in [-0.05, 0) is 39.0 Å². The molecule has 0 fully saturated rings. The van der Waals surface area contributed by atoms with E-state index in [0.717, 1.165) is 0 Å². The van der Waals surface area contributed by atoms with Crippen LogP contribution in [0.2, 0.25) is 0 Å². The minimum absolute atomic E-state index is 0.128. The molecule has 2 N–H and O–H groups in total. The lowest BCUT2D eigenvalue weighted by Gasteiger charge is -2.18. The number of nitrogens with two attached hydrogens (primary N) is 1. The third-order valence-electron chi connectivity index (χ3n) is 2.02. The van der Waals surface area contributed by atoms with Gasteiger partial charge in [0.15, 0.2) is 0 Å². The minimum Gasteiger partial charge on any atom is -0.465 e. The van der Waals surface area contributed by atoms with E-state index in [9.17, 15) is 9.59 Å². The maximum absolute atomic E-state index is 11.5. The Morgan fingerprint density at radius 2 is 1.84 bits per heavy atom. The van der Waals surface area contributed by atoms with Crippen molar-refractivity contribution in [3.8, 4) is 5.75 Å². The number of esters is 1. The van der Waals surface area contributed by atoms with Gasteiger partial charge in [0, 0.05) is 5.69 Å². The molecule has 6 nitrogen and oxygen atoms in total. The molecule has 0 saturated carbocycles. The second kappa shape index (κ2) is 5.60. The average molecular weight is 267 g/mol. The lowest BCUT2D eigenvalue weighted by molar-refractivity contribution is 0.0205. The van der Waals surface area contributed by atoms with E-state index in [-0.39, 0.29) is 17.0 Å². The average Bonchev–Trinajstić information content (AvgIpc) is 2.28. The van der Waals surface area contributed by atoms with E-state index in [4.69, 9.17) is 15.2 Å². The van der Waals surface area contributed by atoms with Crippen molar-refractivity contribution in [3.63, 3.8) is 0 Å². The Balaban J connectivity index is 2.86. The van der Waals surface area contributed by atoms with Crippen molar-refractivity contribution < 1.29 is 23.8 Å². The van der Waals surface area contributed by atoms with Crippen LogP contribution >= 0.6 is 0 Å². The van der Waals surface area contributed by atoms with Crippen LogP contribution in [-0.4, -0.2) is 24.8 Å². The Morgan fingerprint density at radius 3 is 2.37 bits per heavy atom. The van der Waals surface area contributed by atoms with Crippen LogP contribution in [0, 0.1) is 0 Å². The fourth-order valence-electron chi connectivity index (χ4n) is 1.25. The third-order valence-corrected chi connectivity index (χ3v) is 2.02. The number of methoxy groups -OCH3 is 1. The fourth-order valence-corrected chi connectivity index (χ4v) is 1.25. The molecule has 1 rings (SSSR count). The molecule has 0 saturated heterocycles. The predicted octanol–water partition coefficient (Wildman–Crippen LogP) is 2.37. The van der Waals surface area contributed by atoms with Gasteiger partial charge in [-0.1, -0.05) is 0 Å². The monoisotopic (exact) mass is 267 g/mol. The third kappa shape index (κ3) is 4.50. The molecule has 0 aliphatic carbocycles. The Kier molecular flexibility index (Phi) is 4.37. The van der Waals surface area contributed by atoms with E-state index in [0.29, 0.717) is 0 Å². The zero-order chi connectivity index (χ0) is 14.6. The summed E-state index contributed by atoms with van der Waals surface area (Å²) in [6.45, 7) is 5.16. The highest BCUT2D eigenvalue weighted by Crippen LogP contribution is 2.21. The van der Waals surface area contributed by atoms with E-state index in [2.05, 4.69) is 4.74 Å². The Labute approximate surface area is 111 Å². The van der Waals surface area contributed by atoms with Gasteiger partial charge in [0.05, 0.1) is 12.7 Å². The van der Waals surface area contributed by atoms with Gasteiger partial charge in [-0.3, -0.25) is 0 Å². The maximum atomic E-state index is 11.5.